The summed E-state index contributed by atoms with van der Waals surface area (Å²) in [6.45, 7) is 2.59. The molecule has 0 bridgehead atoms. The number of anilines is 2. The smallest absolute Gasteiger partial charge is 0.381 e. The molecule has 2 aliphatic heterocycles. The Morgan fingerprint density at radius 1 is 1.33 bits per heavy atom. The van der Waals surface area contributed by atoms with Crippen LogP contribution >= 0.6 is 0 Å². The predicted molar refractivity (Wildman–Crippen MR) is 61.9 cm³/mol. The first kappa shape index (κ1) is 11.6. The van der Waals surface area contributed by atoms with E-state index in [-0.39, 0.29) is 6.04 Å². The van der Waals surface area contributed by atoms with E-state index < -0.39 is 11.7 Å². The van der Waals surface area contributed by atoms with Crippen molar-refractivity contribution in [2.75, 3.05) is 36.5 Å². The van der Waals surface area contributed by atoms with Crippen molar-refractivity contribution in [3.8, 4) is 0 Å². The van der Waals surface area contributed by atoms with Gasteiger partial charge in [-0.2, -0.15) is 13.2 Å². The molecule has 1 atom stereocenters. The minimum Gasteiger partial charge on any atom is -0.381 e. The van der Waals surface area contributed by atoms with Crippen LogP contribution in [0.25, 0.3) is 0 Å². The number of nitrogens with zero attached hydrogens (tertiary/aromatic N) is 1. The van der Waals surface area contributed by atoms with Gasteiger partial charge in [0.2, 0.25) is 0 Å². The lowest BCUT2D eigenvalue weighted by Gasteiger charge is -2.42. The predicted octanol–water partition coefficient (Wildman–Crippen LogP) is 2.34. The van der Waals surface area contributed by atoms with Crippen LogP contribution in [0.1, 0.15) is 5.56 Å². The van der Waals surface area contributed by atoms with E-state index in [9.17, 15) is 13.2 Å². The zero-order chi connectivity index (χ0) is 12.8. The first-order valence-electron chi connectivity index (χ1n) is 5.85. The SMILES string of the molecule is FC(F)(F)c1ccc2c(c1)NCC1COCCN21. The van der Waals surface area contributed by atoms with Gasteiger partial charge in [-0.25, -0.2) is 0 Å². The number of halogens is 3. The number of hydrogen-bond donors (Lipinski definition) is 1. The van der Waals surface area contributed by atoms with Crippen LogP contribution in [0.15, 0.2) is 18.2 Å². The molecule has 98 valence electrons. The summed E-state index contributed by atoms with van der Waals surface area (Å²) in [6.07, 6.45) is -4.29. The van der Waals surface area contributed by atoms with Crippen LogP contribution in [0.4, 0.5) is 24.5 Å². The van der Waals surface area contributed by atoms with Crippen molar-refractivity contribution < 1.29 is 17.9 Å². The van der Waals surface area contributed by atoms with Crippen molar-refractivity contribution in [1.82, 2.24) is 0 Å². The van der Waals surface area contributed by atoms with Gasteiger partial charge in [0.1, 0.15) is 0 Å². The molecule has 2 aliphatic rings. The summed E-state index contributed by atoms with van der Waals surface area (Å²) in [5.74, 6) is 0. The van der Waals surface area contributed by atoms with Crippen molar-refractivity contribution in [1.29, 1.82) is 0 Å². The van der Waals surface area contributed by atoms with Gasteiger partial charge in [-0.1, -0.05) is 0 Å². The highest BCUT2D eigenvalue weighted by atomic mass is 19.4. The van der Waals surface area contributed by atoms with E-state index in [1.165, 1.54) is 6.07 Å². The highest BCUT2D eigenvalue weighted by Crippen LogP contribution is 2.38. The van der Waals surface area contributed by atoms with Crippen LogP contribution in [0.5, 0.6) is 0 Å². The maximum absolute atomic E-state index is 12.6. The van der Waals surface area contributed by atoms with E-state index in [2.05, 4.69) is 10.2 Å². The van der Waals surface area contributed by atoms with E-state index in [1.54, 1.807) is 6.07 Å². The van der Waals surface area contributed by atoms with Gasteiger partial charge in [-0.3, -0.25) is 0 Å². The number of rotatable bonds is 0. The Morgan fingerprint density at radius 3 is 2.94 bits per heavy atom. The maximum Gasteiger partial charge on any atom is 0.416 e. The molecule has 1 saturated heterocycles. The number of benzene rings is 1. The van der Waals surface area contributed by atoms with Gasteiger partial charge < -0.3 is 15.0 Å². The Labute approximate surface area is 103 Å². The monoisotopic (exact) mass is 258 g/mol. The number of nitrogens with one attached hydrogen (secondary N) is 1. The second-order valence-corrected chi connectivity index (χ2v) is 4.53. The van der Waals surface area contributed by atoms with Crippen molar-refractivity contribution in [2.45, 2.75) is 12.2 Å². The molecule has 6 heteroatoms. The molecule has 0 saturated carbocycles. The Balaban J connectivity index is 1.96. The number of morpholine rings is 1. The zero-order valence-corrected chi connectivity index (χ0v) is 9.63. The summed E-state index contributed by atoms with van der Waals surface area (Å²) in [5.41, 5.74) is 0.783. The van der Waals surface area contributed by atoms with Gasteiger partial charge in [-0.15, -0.1) is 0 Å². The van der Waals surface area contributed by atoms with E-state index in [1.807, 2.05) is 0 Å². The number of ether oxygens (including phenoxy) is 1. The summed E-state index contributed by atoms with van der Waals surface area (Å²) < 4.78 is 43.3. The summed E-state index contributed by atoms with van der Waals surface area (Å²) >= 11 is 0. The molecule has 1 aromatic carbocycles. The Kier molecular flexibility index (Phi) is 2.62. The molecule has 3 nitrogen and oxygen atoms in total. The van der Waals surface area contributed by atoms with Gasteiger partial charge >= 0.3 is 6.18 Å². The topological polar surface area (TPSA) is 24.5 Å². The summed E-state index contributed by atoms with van der Waals surface area (Å²) in [4.78, 5) is 2.12. The zero-order valence-electron chi connectivity index (χ0n) is 9.63. The van der Waals surface area contributed by atoms with Crippen molar-refractivity contribution >= 4 is 11.4 Å². The molecular weight excluding hydrogens is 245 g/mol. The fourth-order valence-electron chi connectivity index (χ4n) is 2.47. The highest BCUT2D eigenvalue weighted by molar-refractivity contribution is 5.74. The molecule has 2 heterocycles. The lowest BCUT2D eigenvalue weighted by Crippen LogP contribution is -2.51. The summed E-state index contributed by atoms with van der Waals surface area (Å²) in [5, 5.41) is 3.05. The van der Waals surface area contributed by atoms with Crippen LogP contribution in [0, 0.1) is 0 Å². The number of hydrogen-bond acceptors (Lipinski definition) is 3. The number of alkyl halides is 3. The second-order valence-electron chi connectivity index (χ2n) is 4.53. The Morgan fingerprint density at radius 2 is 2.17 bits per heavy atom. The summed E-state index contributed by atoms with van der Waals surface area (Å²) in [6, 6.07) is 4.07. The van der Waals surface area contributed by atoms with Crippen molar-refractivity contribution in [3.05, 3.63) is 23.8 Å². The largest absolute Gasteiger partial charge is 0.416 e. The standard InChI is InChI=1S/C12H13F3N2O/c13-12(14,15)8-1-2-11-10(5-8)16-6-9-7-18-4-3-17(9)11/h1-2,5,9,16H,3-4,6-7H2. The fourth-order valence-corrected chi connectivity index (χ4v) is 2.47. The van der Waals surface area contributed by atoms with Gasteiger partial charge in [0.25, 0.3) is 0 Å². The van der Waals surface area contributed by atoms with Gasteiger partial charge in [0.15, 0.2) is 0 Å². The molecular formula is C12H13F3N2O. The van der Waals surface area contributed by atoms with Crippen LogP contribution in [-0.2, 0) is 10.9 Å². The first-order valence-corrected chi connectivity index (χ1v) is 5.85. The Bertz CT molecular complexity index is 461. The highest BCUT2D eigenvalue weighted by Gasteiger charge is 2.34. The van der Waals surface area contributed by atoms with Crippen LogP contribution in [0.2, 0.25) is 0 Å². The average Bonchev–Trinajstić information content (AvgIpc) is 2.37. The van der Waals surface area contributed by atoms with E-state index in [0.717, 1.165) is 18.3 Å². The molecule has 0 radical (unpaired) electrons. The maximum atomic E-state index is 12.6. The van der Waals surface area contributed by atoms with Crippen molar-refractivity contribution in [3.63, 3.8) is 0 Å². The van der Waals surface area contributed by atoms with Crippen molar-refractivity contribution in [2.24, 2.45) is 0 Å². The lowest BCUT2D eigenvalue weighted by molar-refractivity contribution is -0.137. The quantitative estimate of drug-likeness (QED) is 0.773. The van der Waals surface area contributed by atoms with Gasteiger partial charge in [0, 0.05) is 13.1 Å². The third-order valence-corrected chi connectivity index (χ3v) is 3.39. The molecule has 0 spiro atoms. The normalized spacial score (nSPS) is 23.1. The fraction of sp³-hybridized carbons (Fsp3) is 0.500. The number of fused-ring (bicyclic) bond motifs is 3. The van der Waals surface area contributed by atoms with Gasteiger partial charge in [0.05, 0.1) is 36.2 Å². The Hall–Kier alpha value is -1.43. The second kappa shape index (κ2) is 4.05. The molecule has 0 amide bonds. The third kappa shape index (κ3) is 1.90. The molecule has 1 fully saturated rings. The first-order chi connectivity index (χ1) is 8.55. The minimum absolute atomic E-state index is 0.211. The average molecular weight is 258 g/mol. The molecule has 1 unspecified atom stereocenters. The van der Waals surface area contributed by atoms with Crippen LogP contribution in [0.3, 0.4) is 0 Å². The van der Waals surface area contributed by atoms with E-state index in [4.69, 9.17) is 4.74 Å². The molecule has 3 rings (SSSR count). The molecule has 18 heavy (non-hydrogen) atoms. The van der Waals surface area contributed by atoms with E-state index in [0.29, 0.717) is 25.4 Å². The van der Waals surface area contributed by atoms with Crippen LogP contribution < -0.4 is 10.2 Å². The molecule has 1 aromatic rings. The van der Waals surface area contributed by atoms with Crippen LogP contribution in [-0.4, -0.2) is 32.3 Å². The van der Waals surface area contributed by atoms with E-state index >= 15 is 0 Å². The van der Waals surface area contributed by atoms with Gasteiger partial charge in [-0.05, 0) is 18.2 Å². The minimum atomic E-state index is -4.29. The third-order valence-electron chi connectivity index (χ3n) is 3.39. The molecule has 1 N–H and O–H groups in total. The lowest BCUT2D eigenvalue weighted by atomic mass is 10.1. The molecule has 0 aliphatic carbocycles. The summed E-state index contributed by atoms with van der Waals surface area (Å²) in [7, 11) is 0. The molecule has 0 aromatic heterocycles.